The van der Waals surface area contributed by atoms with E-state index in [1.54, 1.807) is 0 Å². The van der Waals surface area contributed by atoms with E-state index in [0.29, 0.717) is 26.1 Å². The fourth-order valence-corrected chi connectivity index (χ4v) is 6.25. The van der Waals surface area contributed by atoms with Gasteiger partial charge in [0.2, 0.25) is 0 Å². The van der Waals surface area contributed by atoms with E-state index >= 15 is 0 Å². The van der Waals surface area contributed by atoms with Crippen LogP contribution in [0.1, 0.15) is 33.4 Å². The Hall–Kier alpha value is -4.12. The van der Waals surface area contributed by atoms with Crippen LogP contribution in [-0.4, -0.2) is 38.6 Å². The number of hydrogen-bond donors (Lipinski definition) is 0. The lowest BCUT2D eigenvalue weighted by Crippen LogP contribution is -2.29. The van der Waals surface area contributed by atoms with E-state index in [9.17, 15) is 0 Å². The van der Waals surface area contributed by atoms with Gasteiger partial charge in [0.1, 0.15) is 36.9 Å². The number of epoxide rings is 2. The second kappa shape index (κ2) is 10.7. The molecule has 0 amide bonds. The first-order valence-electron chi connectivity index (χ1n) is 14.4. The van der Waals surface area contributed by atoms with Gasteiger partial charge in [-0.15, -0.1) is 13.2 Å². The molecule has 4 aromatic carbocycles. The highest BCUT2D eigenvalue weighted by Gasteiger charge is 2.46. The van der Waals surface area contributed by atoms with Gasteiger partial charge in [-0.1, -0.05) is 84.9 Å². The molecular formula is C37H34O4. The molecule has 4 aromatic rings. The fourth-order valence-electron chi connectivity index (χ4n) is 6.25. The summed E-state index contributed by atoms with van der Waals surface area (Å²) in [7, 11) is 0. The molecule has 0 radical (unpaired) electrons. The van der Waals surface area contributed by atoms with Crippen molar-refractivity contribution in [1.82, 2.24) is 0 Å². The van der Waals surface area contributed by atoms with Crippen molar-refractivity contribution in [2.24, 2.45) is 0 Å². The molecule has 2 heterocycles. The van der Waals surface area contributed by atoms with Gasteiger partial charge < -0.3 is 18.9 Å². The lowest BCUT2D eigenvalue weighted by atomic mass is 9.67. The zero-order valence-corrected chi connectivity index (χ0v) is 23.2. The highest BCUT2D eigenvalue weighted by Crippen LogP contribution is 2.56. The van der Waals surface area contributed by atoms with Gasteiger partial charge in [-0.05, 0) is 69.5 Å². The lowest BCUT2D eigenvalue weighted by molar-refractivity contribution is 0.261. The molecule has 1 aliphatic carbocycles. The third-order valence-electron chi connectivity index (χ3n) is 8.32. The minimum absolute atomic E-state index is 0.196. The SMILES string of the molecule is C=CCc1cc(C2(c3ccc(OCC4CO4)c(CC=C)c3)c3ccccc3-c3ccccc32)ccc1OCC1CO1. The van der Waals surface area contributed by atoms with Crippen molar-refractivity contribution in [1.29, 1.82) is 0 Å². The summed E-state index contributed by atoms with van der Waals surface area (Å²) in [5, 5.41) is 0. The third kappa shape index (κ3) is 4.67. The molecule has 2 aliphatic heterocycles. The van der Waals surface area contributed by atoms with Crippen LogP contribution < -0.4 is 9.47 Å². The highest BCUT2D eigenvalue weighted by atomic mass is 16.6. The zero-order valence-electron chi connectivity index (χ0n) is 23.2. The minimum Gasteiger partial charge on any atom is -0.490 e. The second-order valence-corrected chi connectivity index (χ2v) is 11.0. The molecule has 0 aromatic heterocycles. The van der Waals surface area contributed by atoms with E-state index in [0.717, 1.165) is 35.8 Å². The molecule has 41 heavy (non-hydrogen) atoms. The van der Waals surface area contributed by atoms with E-state index < -0.39 is 5.41 Å². The number of allylic oxidation sites excluding steroid dienone is 2. The summed E-state index contributed by atoms with van der Waals surface area (Å²) in [6, 6.07) is 30.9. The Balaban J connectivity index is 1.44. The van der Waals surface area contributed by atoms with Crippen LogP contribution in [0.3, 0.4) is 0 Å². The first-order chi connectivity index (χ1) is 20.2. The fraction of sp³-hybridized carbons (Fsp3) is 0.243. The average molecular weight is 543 g/mol. The molecule has 2 atom stereocenters. The molecule has 0 saturated carbocycles. The average Bonchev–Trinajstić information content (AvgIpc) is 3.94. The number of rotatable bonds is 12. The molecule has 0 spiro atoms. The number of benzene rings is 4. The smallest absolute Gasteiger partial charge is 0.122 e. The van der Waals surface area contributed by atoms with Crippen LogP contribution in [0.2, 0.25) is 0 Å². The monoisotopic (exact) mass is 542 g/mol. The number of fused-ring (bicyclic) bond motifs is 3. The quantitative estimate of drug-likeness (QED) is 0.125. The Morgan fingerprint density at radius 3 is 1.51 bits per heavy atom. The lowest BCUT2D eigenvalue weighted by Gasteiger charge is -2.35. The van der Waals surface area contributed by atoms with Gasteiger partial charge >= 0.3 is 0 Å². The molecule has 206 valence electrons. The van der Waals surface area contributed by atoms with Crippen molar-refractivity contribution in [3.05, 3.63) is 144 Å². The molecule has 2 fully saturated rings. The summed E-state index contributed by atoms with van der Waals surface area (Å²) in [6.45, 7) is 10.8. The molecule has 4 heteroatoms. The van der Waals surface area contributed by atoms with E-state index in [-0.39, 0.29) is 12.2 Å². The maximum Gasteiger partial charge on any atom is 0.122 e. The van der Waals surface area contributed by atoms with Crippen molar-refractivity contribution < 1.29 is 18.9 Å². The molecule has 3 aliphatic rings. The Morgan fingerprint density at radius 2 is 1.10 bits per heavy atom. The predicted octanol–water partition coefficient (Wildman–Crippen LogP) is 7.06. The van der Waals surface area contributed by atoms with Crippen molar-refractivity contribution in [2.75, 3.05) is 26.4 Å². The molecule has 0 N–H and O–H groups in total. The second-order valence-electron chi connectivity index (χ2n) is 11.0. The highest BCUT2D eigenvalue weighted by molar-refractivity contribution is 5.86. The zero-order chi connectivity index (χ0) is 27.8. The minimum atomic E-state index is -0.519. The summed E-state index contributed by atoms with van der Waals surface area (Å²) in [5.74, 6) is 1.77. The predicted molar refractivity (Wildman–Crippen MR) is 162 cm³/mol. The third-order valence-corrected chi connectivity index (χ3v) is 8.32. The number of ether oxygens (including phenoxy) is 4. The first kappa shape index (κ1) is 25.8. The van der Waals surface area contributed by atoms with Crippen molar-refractivity contribution >= 4 is 0 Å². The van der Waals surface area contributed by atoms with E-state index in [1.807, 2.05) is 12.2 Å². The number of hydrogen-bond acceptors (Lipinski definition) is 4. The van der Waals surface area contributed by atoms with Gasteiger partial charge in [0.15, 0.2) is 0 Å². The Morgan fingerprint density at radius 1 is 0.659 bits per heavy atom. The van der Waals surface area contributed by atoms with Crippen LogP contribution in [-0.2, 0) is 27.7 Å². The normalized spacial score (nSPS) is 19.1. The van der Waals surface area contributed by atoms with Crippen LogP contribution in [0.15, 0.2) is 110 Å². The summed E-state index contributed by atoms with van der Waals surface area (Å²) in [6.07, 6.45) is 5.71. The molecule has 2 saturated heterocycles. The van der Waals surface area contributed by atoms with Gasteiger partial charge in [-0.2, -0.15) is 0 Å². The van der Waals surface area contributed by atoms with Gasteiger partial charge in [0.05, 0.1) is 18.6 Å². The molecule has 0 bridgehead atoms. The Kier molecular flexibility index (Phi) is 6.74. The summed E-state index contributed by atoms with van der Waals surface area (Å²) >= 11 is 0. The maximum atomic E-state index is 6.22. The molecule has 7 rings (SSSR count). The van der Waals surface area contributed by atoms with Crippen molar-refractivity contribution in [2.45, 2.75) is 30.5 Å². The van der Waals surface area contributed by atoms with Crippen LogP contribution >= 0.6 is 0 Å². The largest absolute Gasteiger partial charge is 0.490 e. The van der Waals surface area contributed by atoms with Gasteiger partial charge in [0, 0.05) is 0 Å². The standard InChI is InChI=1S/C37H34O4/c1-3-9-25-19-27(15-17-35(25)40-23-29-21-38-29)37(33-13-7-5-11-31(33)32-12-6-8-14-34(32)37)28-16-18-36(26(20-28)10-4-2)41-24-30-22-39-30/h3-8,11-20,29-30H,1-2,9-10,21-24H2. The van der Waals surface area contributed by atoms with Gasteiger partial charge in [-0.3, -0.25) is 0 Å². The summed E-state index contributed by atoms with van der Waals surface area (Å²) in [4.78, 5) is 0. The molecule has 2 unspecified atom stereocenters. The van der Waals surface area contributed by atoms with Crippen LogP contribution in [0, 0.1) is 0 Å². The van der Waals surface area contributed by atoms with E-state index in [2.05, 4.69) is 98.1 Å². The van der Waals surface area contributed by atoms with E-state index in [1.165, 1.54) is 33.4 Å². The van der Waals surface area contributed by atoms with Gasteiger partial charge in [-0.25, -0.2) is 0 Å². The van der Waals surface area contributed by atoms with Crippen molar-refractivity contribution in [3.8, 4) is 22.6 Å². The first-order valence-corrected chi connectivity index (χ1v) is 14.4. The Bertz CT molecular complexity index is 1490. The maximum absolute atomic E-state index is 6.22. The van der Waals surface area contributed by atoms with E-state index in [4.69, 9.17) is 18.9 Å². The molecular weight excluding hydrogens is 508 g/mol. The summed E-state index contributed by atoms with van der Waals surface area (Å²) < 4.78 is 23.2. The van der Waals surface area contributed by atoms with Crippen LogP contribution in [0.5, 0.6) is 11.5 Å². The topological polar surface area (TPSA) is 43.5 Å². The van der Waals surface area contributed by atoms with Crippen LogP contribution in [0.4, 0.5) is 0 Å². The van der Waals surface area contributed by atoms with Gasteiger partial charge in [0.25, 0.3) is 0 Å². The summed E-state index contributed by atoms with van der Waals surface area (Å²) in [5.41, 5.74) is 9.19. The van der Waals surface area contributed by atoms with Crippen LogP contribution in [0.25, 0.3) is 11.1 Å². The Labute approximate surface area is 241 Å². The van der Waals surface area contributed by atoms with Crippen molar-refractivity contribution in [3.63, 3.8) is 0 Å². The molecule has 4 nitrogen and oxygen atoms in total.